The lowest BCUT2D eigenvalue weighted by molar-refractivity contribution is -0.154. The third-order valence-electron chi connectivity index (χ3n) is 8.18. The zero-order valence-electron chi connectivity index (χ0n) is 23.9. The second-order valence-electron chi connectivity index (χ2n) is 11.1. The van der Waals surface area contributed by atoms with Crippen molar-refractivity contribution >= 4 is 23.5 Å². The van der Waals surface area contributed by atoms with Crippen molar-refractivity contribution in [3.63, 3.8) is 0 Å². The third kappa shape index (κ3) is 8.06. The van der Waals surface area contributed by atoms with Crippen molar-refractivity contribution in [3.8, 4) is 0 Å². The van der Waals surface area contributed by atoms with Crippen LogP contribution in [0.4, 0.5) is 10.1 Å². The summed E-state index contributed by atoms with van der Waals surface area (Å²) in [4.78, 5) is 37.6. The Labute approximate surface area is 250 Å². The topological polar surface area (TPSA) is 135 Å². The molecule has 0 bridgehead atoms. The van der Waals surface area contributed by atoms with Gasteiger partial charge in [0.25, 0.3) is 0 Å². The molecule has 1 amide bonds. The van der Waals surface area contributed by atoms with E-state index in [1.165, 1.54) is 12.1 Å². The highest BCUT2D eigenvalue weighted by Crippen LogP contribution is 2.46. The summed E-state index contributed by atoms with van der Waals surface area (Å²) in [6, 6.07) is 21.0. The van der Waals surface area contributed by atoms with Crippen molar-refractivity contribution in [3.05, 3.63) is 101 Å². The van der Waals surface area contributed by atoms with Gasteiger partial charge in [-0.1, -0.05) is 48.5 Å². The van der Waals surface area contributed by atoms with Crippen LogP contribution in [0.25, 0.3) is 0 Å². The van der Waals surface area contributed by atoms with Gasteiger partial charge in [-0.2, -0.15) is 0 Å². The molecule has 228 valence electrons. The van der Waals surface area contributed by atoms with E-state index in [0.717, 1.165) is 41.6 Å². The fraction of sp³-hybridized carbons (Fsp3) is 0.382. The highest BCUT2D eigenvalue weighted by molar-refractivity contribution is 6.03. The Hall–Kier alpha value is -4.08. The minimum Gasteiger partial charge on any atom is -0.481 e. The van der Waals surface area contributed by atoms with Crippen molar-refractivity contribution < 1.29 is 39.2 Å². The monoisotopic (exact) mass is 591 g/mol. The molecule has 3 aromatic rings. The van der Waals surface area contributed by atoms with Crippen LogP contribution in [0.5, 0.6) is 0 Å². The summed E-state index contributed by atoms with van der Waals surface area (Å²) in [5.41, 5.74) is 4.35. The van der Waals surface area contributed by atoms with E-state index in [0.29, 0.717) is 31.2 Å². The molecule has 0 unspecified atom stereocenters. The normalized spacial score (nSPS) is 17.1. The molecule has 0 saturated carbocycles. The average molecular weight is 592 g/mol. The summed E-state index contributed by atoms with van der Waals surface area (Å²) < 4.78 is 13.3. The van der Waals surface area contributed by atoms with E-state index in [1.807, 2.05) is 48.5 Å². The second kappa shape index (κ2) is 14.9. The van der Waals surface area contributed by atoms with E-state index in [4.69, 9.17) is 15.3 Å². The van der Waals surface area contributed by atoms with Gasteiger partial charge < -0.3 is 25.3 Å². The number of carbonyl (C=O) groups is 3. The van der Waals surface area contributed by atoms with Gasteiger partial charge in [-0.05, 0) is 97.9 Å². The summed E-state index contributed by atoms with van der Waals surface area (Å²) in [6.45, 7) is 0.156. The molecule has 0 radical (unpaired) electrons. The number of anilines is 1. The quantitative estimate of drug-likeness (QED) is 0.0986. The molecule has 1 aliphatic heterocycles. The molecule has 3 aromatic carbocycles. The van der Waals surface area contributed by atoms with Crippen molar-refractivity contribution in [2.45, 2.75) is 63.5 Å². The van der Waals surface area contributed by atoms with Crippen LogP contribution in [0, 0.1) is 17.7 Å². The molecule has 9 heteroatoms. The van der Waals surface area contributed by atoms with Crippen molar-refractivity contribution in [2.24, 2.45) is 11.8 Å². The Morgan fingerprint density at radius 2 is 1.37 bits per heavy atom. The molecular formula is C34H38FNO7. The maximum atomic E-state index is 13.5. The molecule has 4 rings (SSSR count). The van der Waals surface area contributed by atoms with Gasteiger partial charge in [0.15, 0.2) is 5.92 Å². The highest BCUT2D eigenvalue weighted by Gasteiger charge is 2.48. The lowest BCUT2D eigenvalue weighted by Crippen LogP contribution is -2.55. The van der Waals surface area contributed by atoms with E-state index >= 15 is 0 Å². The second-order valence-corrected chi connectivity index (χ2v) is 11.1. The number of aliphatic carboxylic acids is 2. The van der Waals surface area contributed by atoms with Crippen LogP contribution in [-0.4, -0.2) is 44.9 Å². The van der Waals surface area contributed by atoms with Gasteiger partial charge in [0.2, 0.25) is 5.91 Å². The molecule has 1 fully saturated rings. The molecule has 0 aromatic heterocycles. The smallest absolute Gasteiger partial charge is 0.317 e. The van der Waals surface area contributed by atoms with Crippen molar-refractivity contribution in [1.29, 1.82) is 0 Å². The van der Waals surface area contributed by atoms with E-state index < -0.39 is 24.0 Å². The maximum Gasteiger partial charge on any atom is 0.317 e. The number of rotatable bonds is 16. The largest absolute Gasteiger partial charge is 0.481 e. The predicted octanol–water partition coefficient (Wildman–Crippen LogP) is 5.47. The lowest BCUT2D eigenvalue weighted by atomic mass is 9.78. The van der Waals surface area contributed by atoms with Gasteiger partial charge in [0.05, 0.1) is 18.1 Å². The zero-order chi connectivity index (χ0) is 30.9. The van der Waals surface area contributed by atoms with Crippen LogP contribution in [0.15, 0.2) is 72.8 Å². The number of carboxylic acids is 2. The molecule has 1 saturated heterocycles. The Kier molecular flexibility index (Phi) is 11.0. The molecule has 0 aliphatic carbocycles. The molecule has 1 heterocycles. The number of aliphatic hydroxyl groups is 2. The first-order valence-electron chi connectivity index (χ1n) is 14.7. The fourth-order valence-electron chi connectivity index (χ4n) is 5.70. The number of benzene rings is 3. The average Bonchev–Trinajstić information content (AvgIpc) is 2.99. The first-order valence-corrected chi connectivity index (χ1v) is 14.7. The minimum absolute atomic E-state index is 0.0335. The van der Waals surface area contributed by atoms with Crippen LogP contribution < -0.4 is 4.90 Å². The van der Waals surface area contributed by atoms with Crippen LogP contribution in [0.1, 0.15) is 72.9 Å². The number of aryl methyl sites for hydroxylation is 2. The third-order valence-corrected chi connectivity index (χ3v) is 8.18. The first kappa shape index (κ1) is 31.8. The summed E-state index contributed by atoms with van der Waals surface area (Å²) in [5, 5.41) is 38.0. The first-order chi connectivity index (χ1) is 20.7. The van der Waals surface area contributed by atoms with Gasteiger partial charge in [0, 0.05) is 12.3 Å². The number of carboxylic acid groups (broad SMARTS) is 2. The predicted molar refractivity (Wildman–Crippen MR) is 159 cm³/mol. The zero-order valence-corrected chi connectivity index (χ0v) is 23.9. The number of unbranched alkanes of at least 4 members (excludes halogenated alkanes) is 1. The molecule has 0 spiro atoms. The van der Waals surface area contributed by atoms with Crippen molar-refractivity contribution in [1.82, 2.24) is 0 Å². The number of β-lactam (4-membered cyclic amide) rings is 1. The fourth-order valence-corrected chi connectivity index (χ4v) is 5.70. The summed E-state index contributed by atoms with van der Waals surface area (Å²) in [7, 11) is 0. The Morgan fingerprint density at radius 3 is 1.95 bits per heavy atom. The standard InChI is InChI=1S/C34H38FNO7/c35-26-15-13-24(14-16-26)30(38)20-19-28-31(36(32(28)39)27-17-9-22(10-18-27)4-1-2-21-37)25-11-7-23(8-12-25)5-3-6-29(33(40)41)34(42)43/h7-18,28-31,37-38H,1-6,19-21H2,(H,40,41)(H,42,43)/t28-,30+,31-/m1/s1. The van der Waals surface area contributed by atoms with E-state index in [2.05, 4.69) is 0 Å². The number of halogens is 1. The van der Waals surface area contributed by atoms with Gasteiger partial charge in [-0.15, -0.1) is 0 Å². The number of hydrogen-bond acceptors (Lipinski definition) is 5. The molecule has 4 N–H and O–H groups in total. The number of amides is 1. The Bertz CT molecular complexity index is 1360. The summed E-state index contributed by atoms with van der Waals surface area (Å²) >= 11 is 0. The van der Waals surface area contributed by atoms with Gasteiger partial charge >= 0.3 is 11.9 Å². The molecule has 8 nitrogen and oxygen atoms in total. The molecule has 1 aliphatic rings. The lowest BCUT2D eigenvalue weighted by Gasteiger charge is -2.48. The Morgan fingerprint density at radius 1 is 0.791 bits per heavy atom. The number of aliphatic hydroxyl groups excluding tert-OH is 2. The maximum absolute atomic E-state index is 13.5. The molecule has 3 atom stereocenters. The van der Waals surface area contributed by atoms with Gasteiger partial charge in [-0.25, -0.2) is 4.39 Å². The highest BCUT2D eigenvalue weighted by atomic mass is 19.1. The van der Waals surface area contributed by atoms with Crippen LogP contribution >= 0.6 is 0 Å². The van der Waals surface area contributed by atoms with Crippen LogP contribution in [-0.2, 0) is 27.2 Å². The van der Waals surface area contributed by atoms with E-state index in [-0.39, 0.29) is 36.7 Å². The number of hydrogen-bond donors (Lipinski definition) is 4. The van der Waals surface area contributed by atoms with Gasteiger partial charge in [0.1, 0.15) is 5.82 Å². The van der Waals surface area contributed by atoms with Crippen LogP contribution in [0.3, 0.4) is 0 Å². The van der Waals surface area contributed by atoms with E-state index in [9.17, 15) is 23.9 Å². The summed E-state index contributed by atoms with van der Waals surface area (Å²) in [6.07, 6.45) is 3.35. The van der Waals surface area contributed by atoms with Gasteiger partial charge in [-0.3, -0.25) is 14.4 Å². The van der Waals surface area contributed by atoms with Crippen LogP contribution in [0.2, 0.25) is 0 Å². The molecular weight excluding hydrogens is 553 g/mol. The van der Waals surface area contributed by atoms with Crippen molar-refractivity contribution in [2.75, 3.05) is 11.5 Å². The SMILES string of the molecule is O=C(O)C(CCCc1ccc([C@@H]2[C@@H](CC[C@H](O)c3ccc(F)cc3)C(=O)N2c2ccc(CCCCO)cc2)cc1)C(=O)O. The number of nitrogens with zero attached hydrogens (tertiary/aromatic N) is 1. The Balaban J connectivity index is 1.48. The molecule has 43 heavy (non-hydrogen) atoms. The number of carbonyl (C=O) groups excluding carboxylic acids is 1. The van der Waals surface area contributed by atoms with E-state index in [1.54, 1.807) is 17.0 Å². The minimum atomic E-state index is -1.43. The summed E-state index contributed by atoms with van der Waals surface area (Å²) in [5.74, 6) is -4.90.